The van der Waals surface area contributed by atoms with E-state index in [2.05, 4.69) is 5.32 Å². The van der Waals surface area contributed by atoms with Gasteiger partial charge in [0.1, 0.15) is 0 Å². The number of methoxy groups -OCH3 is 1. The second kappa shape index (κ2) is 5.83. The Kier molecular flexibility index (Phi) is 4.06. The van der Waals surface area contributed by atoms with Crippen LogP contribution >= 0.6 is 0 Å². The van der Waals surface area contributed by atoms with Gasteiger partial charge >= 0.3 is 6.03 Å². The lowest BCUT2D eigenvalue weighted by Gasteiger charge is -2.39. The summed E-state index contributed by atoms with van der Waals surface area (Å²) in [7, 11) is 1.65. The molecule has 3 amide bonds. The van der Waals surface area contributed by atoms with E-state index in [1.807, 2.05) is 9.80 Å². The molecule has 0 radical (unpaired) electrons. The topological polar surface area (TPSA) is 61.9 Å². The summed E-state index contributed by atoms with van der Waals surface area (Å²) < 4.78 is 5.07. The van der Waals surface area contributed by atoms with Crippen LogP contribution in [0.15, 0.2) is 0 Å². The Labute approximate surface area is 125 Å². The second-order valence-corrected chi connectivity index (χ2v) is 6.56. The Morgan fingerprint density at radius 3 is 2.90 bits per heavy atom. The molecule has 1 spiro atoms. The molecule has 0 bridgehead atoms. The first-order valence-electron chi connectivity index (χ1n) is 7.98. The monoisotopic (exact) mass is 295 g/mol. The molecule has 6 heteroatoms. The number of carbonyl (C=O) groups excluding carboxylic acids is 2. The van der Waals surface area contributed by atoms with Crippen LogP contribution in [0.3, 0.4) is 0 Å². The number of piperidine rings is 1. The molecule has 2 heterocycles. The highest BCUT2D eigenvalue weighted by atomic mass is 16.5. The maximum absolute atomic E-state index is 12.7. The van der Waals surface area contributed by atoms with Gasteiger partial charge in [-0.25, -0.2) is 4.79 Å². The van der Waals surface area contributed by atoms with E-state index >= 15 is 0 Å². The Bertz CT molecular complexity index is 424. The molecule has 0 aromatic heterocycles. The first-order chi connectivity index (χ1) is 10.1. The molecule has 1 atom stereocenters. The van der Waals surface area contributed by atoms with Crippen LogP contribution in [0.4, 0.5) is 4.79 Å². The number of hydrogen-bond acceptors (Lipinski definition) is 3. The minimum atomic E-state index is -0.340. The normalized spacial score (nSPS) is 29.3. The highest BCUT2D eigenvalue weighted by molar-refractivity contribution is 5.86. The van der Waals surface area contributed by atoms with Crippen molar-refractivity contribution in [2.24, 2.45) is 5.41 Å². The first kappa shape index (κ1) is 14.6. The first-order valence-corrected chi connectivity index (χ1v) is 7.98. The summed E-state index contributed by atoms with van der Waals surface area (Å²) in [6.45, 7) is 3.37. The zero-order valence-corrected chi connectivity index (χ0v) is 12.8. The average molecular weight is 295 g/mol. The van der Waals surface area contributed by atoms with Crippen molar-refractivity contribution in [3.63, 3.8) is 0 Å². The Hall–Kier alpha value is -1.30. The highest BCUT2D eigenvalue weighted by Crippen LogP contribution is 2.40. The zero-order chi connectivity index (χ0) is 14.9. The summed E-state index contributed by atoms with van der Waals surface area (Å²) in [5.74, 6) is 0.212. The Balaban J connectivity index is 1.61. The van der Waals surface area contributed by atoms with Crippen molar-refractivity contribution in [2.75, 3.05) is 39.9 Å². The van der Waals surface area contributed by atoms with E-state index in [0.717, 1.165) is 45.2 Å². The molecule has 6 nitrogen and oxygen atoms in total. The van der Waals surface area contributed by atoms with Crippen molar-refractivity contribution < 1.29 is 14.3 Å². The summed E-state index contributed by atoms with van der Waals surface area (Å²) in [5, 5.41) is 3.03. The van der Waals surface area contributed by atoms with Gasteiger partial charge in [0, 0.05) is 39.3 Å². The minimum absolute atomic E-state index is 0.0136. The predicted octanol–water partition coefficient (Wildman–Crippen LogP) is 0.819. The minimum Gasteiger partial charge on any atom is -0.383 e. The van der Waals surface area contributed by atoms with Crippen LogP contribution in [0, 0.1) is 5.41 Å². The van der Waals surface area contributed by atoms with Gasteiger partial charge in [-0.2, -0.15) is 0 Å². The third-order valence-electron chi connectivity index (χ3n) is 4.94. The van der Waals surface area contributed by atoms with Gasteiger partial charge in [-0.05, 0) is 32.1 Å². The molecule has 3 rings (SSSR count). The molecule has 2 aliphatic heterocycles. The van der Waals surface area contributed by atoms with E-state index < -0.39 is 0 Å². The van der Waals surface area contributed by atoms with E-state index in [1.54, 1.807) is 7.11 Å². The SMILES string of the molecule is COCCN1CC[C@]2(CCCN(C(=O)NC3CC3)C2)C1=O. The molecule has 0 aromatic rings. The van der Waals surface area contributed by atoms with Crippen LogP contribution in [0.2, 0.25) is 0 Å². The lowest BCUT2D eigenvalue weighted by molar-refractivity contribution is -0.138. The van der Waals surface area contributed by atoms with Crippen molar-refractivity contribution in [1.82, 2.24) is 15.1 Å². The molecule has 1 N–H and O–H groups in total. The highest BCUT2D eigenvalue weighted by Gasteiger charge is 2.49. The summed E-state index contributed by atoms with van der Waals surface area (Å²) in [4.78, 5) is 28.7. The number of likely N-dealkylation sites (tertiary alicyclic amines) is 2. The Morgan fingerprint density at radius 1 is 1.38 bits per heavy atom. The van der Waals surface area contributed by atoms with E-state index in [9.17, 15) is 9.59 Å². The van der Waals surface area contributed by atoms with Gasteiger partial charge in [0.2, 0.25) is 5.91 Å². The zero-order valence-electron chi connectivity index (χ0n) is 12.8. The molecule has 0 aromatic carbocycles. The molecule has 0 unspecified atom stereocenters. The molecule has 2 saturated heterocycles. The van der Waals surface area contributed by atoms with Gasteiger partial charge in [-0.1, -0.05) is 0 Å². The van der Waals surface area contributed by atoms with E-state index in [1.165, 1.54) is 0 Å². The van der Waals surface area contributed by atoms with Crippen LogP contribution in [0.25, 0.3) is 0 Å². The molecule has 1 aliphatic carbocycles. The van der Waals surface area contributed by atoms with Crippen molar-refractivity contribution in [3.05, 3.63) is 0 Å². The van der Waals surface area contributed by atoms with Crippen molar-refractivity contribution in [3.8, 4) is 0 Å². The standard InChI is InChI=1S/C15H25N3O3/c1-21-10-9-17-8-6-15(13(17)19)5-2-7-18(11-15)14(20)16-12-3-4-12/h12H,2-11H2,1H3,(H,16,20)/t15-/m0/s1. The molecule has 3 aliphatic rings. The summed E-state index contributed by atoms with van der Waals surface area (Å²) >= 11 is 0. The average Bonchev–Trinajstić information content (AvgIpc) is 3.26. The number of carbonyl (C=O) groups is 2. The van der Waals surface area contributed by atoms with E-state index in [0.29, 0.717) is 25.7 Å². The Morgan fingerprint density at radius 2 is 2.19 bits per heavy atom. The van der Waals surface area contributed by atoms with Crippen molar-refractivity contribution in [1.29, 1.82) is 0 Å². The maximum atomic E-state index is 12.7. The third kappa shape index (κ3) is 3.00. The molecule has 1 saturated carbocycles. The fraction of sp³-hybridized carbons (Fsp3) is 0.867. The van der Waals surface area contributed by atoms with Crippen molar-refractivity contribution in [2.45, 2.75) is 38.1 Å². The smallest absolute Gasteiger partial charge is 0.317 e. The number of nitrogens with one attached hydrogen (secondary N) is 1. The van der Waals surface area contributed by atoms with Crippen molar-refractivity contribution >= 4 is 11.9 Å². The largest absolute Gasteiger partial charge is 0.383 e. The number of amides is 3. The van der Waals surface area contributed by atoms with Crippen LogP contribution in [-0.2, 0) is 9.53 Å². The summed E-state index contributed by atoms with van der Waals surface area (Å²) in [6.07, 6.45) is 4.87. The van der Waals surface area contributed by atoms with Gasteiger partial charge in [0.25, 0.3) is 0 Å². The number of nitrogens with zero attached hydrogens (tertiary/aromatic N) is 2. The van der Waals surface area contributed by atoms with Crippen LogP contribution < -0.4 is 5.32 Å². The quantitative estimate of drug-likeness (QED) is 0.835. The number of rotatable bonds is 4. The van der Waals surface area contributed by atoms with Crippen LogP contribution in [-0.4, -0.2) is 67.7 Å². The van der Waals surface area contributed by atoms with Gasteiger partial charge in [0.15, 0.2) is 0 Å². The van der Waals surface area contributed by atoms with Gasteiger partial charge in [-0.15, -0.1) is 0 Å². The lowest BCUT2D eigenvalue weighted by Crippen LogP contribution is -2.53. The molecule has 118 valence electrons. The van der Waals surface area contributed by atoms with E-state index in [4.69, 9.17) is 4.74 Å². The summed E-state index contributed by atoms with van der Waals surface area (Å²) in [5.41, 5.74) is -0.340. The predicted molar refractivity (Wildman–Crippen MR) is 77.9 cm³/mol. The lowest BCUT2D eigenvalue weighted by atomic mass is 9.78. The van der Waals surface area contributed by atoms with E-state index in [-0.39, 0.29) is 17.4 Å². The van der Waals surface area contributed by atoms with Gasteiger partial charge in [0.05, 0.1) is 12.0 Å². The fourth-order valence-corrected chi connectivity index (χ4v) is 3.49. The molecular formula is C15H25N3O3. The van der Waals surface area contributed by atoms with Gasteiger partial charge < -0.3 is 19.9 Å². The molecule has 3 fully saturated rings. The third-order valence-corrected chi connectivity index (χ3v) is 4.94. The maximum Gasteiger partial charge on any atom is 0.317 e. The molecular weight excluding hydrogens is 270 g/mol. The number of ether oxygens (including phenoxy) is 1. The number of urea groups is 1. The number of hydrogen-bond donors (Lipinski definition) is 1. The summed E-state index contributed by atoms with van der Waals surface area (Å²) in [6, 6.07) is 0.382. The molecule has 21 heavy (non-hydrogen) atoms. The van der Waals surface area contributed by atoms with Crippen LogP contribution in [0.5, 0.6) is 0 Å². The van der Waals surface area contributed by atoms with Crippen LogP contribution in [0.1, 0.15) is 32.1 Å². The fourth-order valence-electron chi connectivity index (χ4n) is 3.49. The van der Waals surface area contributed by atoms with Gasteiger partial charge in [-0.3, -0.25) is 4.79 Å². The second-order valence-electron chi connectivity index (χ2n) is 6.56.